The Morgan fingerprint density at radius 3 is 2.62 bits per heavy atom. The van der Waals surface area contributed by atoms with E-state index in [0.29, 0.717) is 5.92 Å². The van der Waals surface area contributed by atoms with Crippen LogP contribution in [-0.2, 0) is 0 Å². The van der Waals surface area contributed by atoms with Crippen LogP contribution in [0.15, 0.2) is 47.1 Å². The molecule has 3 atom stereocenters. The fourth-order valence-corrected chi connectivity index (χ4v) is 3.56. The second kappa shape index (κ2) is 6.36. The van der Waals surface area contributed by atoms with Crippen LogP contribution < -0.4 is 0 Å². The number of allylic oxidation sites excluding steroid dienone is 4. The Hall–Kier alpha value is -1.08. The van der Waals surface area contributed by atoms with Crippen LogP contribution in [0.25, 0.3) is 0 Å². The first kappa shape index (κ1) is 16.3. The fraction of sp³-hybridized carbons (Fsp3) is 0.600. The normalized spacial score (nSPS) is 40.0. The summed E-state index contributed by atoms with van der Waals surface area (Å²) in [6, 6.07) is 0. The summed E-state index contributed by atoms with van der Waals surface area (Å²) in [5.74, 6) is 0.585. The third-order valence-corrected chi connectivity index (χ3v) is 5.65. The molecule has 2 bridgehead atoms. The zero-order valence-electron chi connectivity index (χ0n) is 14.1. The molecule has 0 fully saturated rings. The van der Waals surface area contributed by atoms with Gasteiger partial charge < -0.3 is 5.11 Å². The Morgan fingerprint density at radius 2 is 1.90 bits per heavy atom. The van der Waals surface area contributed by atoms with Gasteiger partial charge in [0.2, 0.25) is 0 Å². The van der Waals surface area contributed by atoms with E-state index in [2.05, 4.69) is 46.4 Å². The fourth-order valence-electron chi connectivity index (χ4n) is 3.56. The summed E-state index contributed by atoms with van der Waals surface area (Å²) in [5.41, 5.74) is 5.05. The van der Waals surface area contributed by atoms with Crippen molar-refractivity contribution in [2.45, 2.75) is 65.9 Å². The van der Waals surface area contributed by atoms with Crippen molar-refractivity contribution >= 4 is 0 Å². The van der Waals surface area contributed by atoms with Crippen LogP contribution in [0.2, 0.25) is 0 Å². The molecule has 21 heavy (non-hydrogen) atoms. The van der Waals surface area contributed by atoms with Gasteiger partial charge in [0.1, 0.15) is 0 Å². The molecule has 2 rings (SSSR count). The smallest absolute Gasteiger partial charge is 0.0973 e. The lowest BCUT2D eigenvalue weighted by atomic mass is 9.62. The average molecular weight is 286 g/mol. The molecule has 0 aromatic heterocycles. The van der Waals surface area contributed by atoms with Crippen LogP contribution in [-0.4, -0.2) is 11.2 Å². The second-order valence-corrected chi connectivity index (χ2v) is 7.24. The maximum absolute atomic E-state index is 10.6. The van der Waals surface area contributed by atoms with E-state index in [-0.39, 0.29) is 5.41 Å². The number of rotatable bonds is 0. The van der Waals surface area contributed by atoms with Gasteiger partial charge in [-0.15, -0.1) is 0 Å². The lowest BCUT2D eigenvalue weighted by molar-refractivity contribution is 0.205. The first-order chi connectivity index (χ1) is 9.84. The first-order valence-corrected chi connectivity index (χ1v) is 8.25. The van der Waals surface area contributed by atoms with Crippen LogP contribution in [0.1, 0.15) is 59.8 Å². The van der Waals surface area contributed by atoms with E-state index in [1.54, 1.807) is 0 Å². The van der Waals surface area contributed by atoms with Gasteiger partial charge in [0.05, 0.1) is 6.10 Å². The molecule has 0 heterocycles. The molecule has 2 aliphatic carbocycles. The lowest BCUT2D eigenvalue weighted by Crippen LogP contribution is -2.33. The predicted octanol–water partition coefficient (Wildman–Crippen LogP) is 5.34. The van der Waals surface area contributed by atoms with Crippen molar-refractivity contribution in [2.24, 2.45) is 11.3 Å². The maximum Gasteiger partial charge on any atom is 0.0973 e. The van der Waals surface area contributed by atoms with Crippen LogP contribution in [0.3, 0.4) is 0 Å². The Morgan fingerprint density at radius 1 is 1.19 bits per heavy atom. The molecule has 1 heteroatoms. The van der Waals surface area contributed by atoms with Crippen molar-refractivity contribution in [3.63, 3.8) is 0 Å². The largest absolute Gasteiger partial charge is 0.384 e. The molecule has 2 aliphatic rings. The summed E-state index contributed by atoms with van der Waals surface area (Å²) in [6.45, 7) is 13.4. The minimum absolute atomic E-state index is 0.0983. The Balaban J connectivity index is 2.41. The van der Waals surface area contributed by atoms with Crippen molar-refractivity contribution in [3.05, 3.63) is 47.1 Å². The van der Waals surface area contributed by atoms with Gasteiger partial charge in [-0.25, -0.2) is 0 Å². The van der Waals surface area contributed by atoms with Crippen molar-refractivity contribution in [3.8, 4) is 0 Å². The highest BCUT2D eigenvalue weighted by atomic mass is 16.3. The number of hydrogen-bond acceptors (Lipinski definition) is 1. The Bertz CT molecular complexity index is 506. The molecule has 0 saturated carbocycles. The monoisotopic (exact) mass is 286 g/mol. The minimum atomic E-state index is -0.492. The lowest BCUT2D eigenvalue weighted by Gasteiger charge is -2.43. The summed E-state index contributed by atoms with van der Waals surface area (Å²) in [6.07, 6.45) is 11.5. The predicted molar refractivity (Wildman–Crippen MR) is 91.1 cm³/mol. The molecule has 0 aromatic rings. The molecule has 0 amide bonds. The van der Waals surface area contributed by atoms with Crippen LogP contribution in [0.5, 0.6) is 0 Å². The van der Waals surface area contributed by atoms with Crippen LogP contribution in [0, 0.1) is 11.3 Å². The second-order valence-electron chi connectivity index (χ2n) is 7.24. The molecule has 0 saturated heterocycles. The van der Waals surface area contributed by atoms with Crippen LogP contribution in [0.4, 0.5) is 0 Å². The quantitative estimate of drug-likeness (QED) is 0.596. The van der Waals surface area contributed by atoms with Crippen molar-refractivity contribution in [1.29, 1.82) is 0 Å². The third-order valence-electron chi connectivity index (χ3n) is 5.65. The van der Waals surface area contributed by atoms with Gasteiger partial charge in [-0.1, -0.05) is 49.8 Å². The standard InChI is InChI=1S/C20H30O/c1-14-7-6-8-15(2)13-19(21)18-10-9-16(3)20(5,12-11-14)17(18)4/h7,10,13,16,19,21H,4,6,8-9,11-12H2,1-3,5H3/b14-7+,15-13+/t16-,19+,20?/m1/s1. The van der Waals surface area contributed by atoms with Gasteiger partial charge in [-0.05, 0) is 68.4 Å². The van der Waals surface area contributed by atoms with E-state index in [0.717, 1.165) is 43.3 Å². The zero-order chi connectivity index (χ0) is 15.6. The van der Waals surface area contributed by atoms with Crippen molar-refractivity contribution in [2.75, 3.05) is 0 Å². The van der Waals surface area contributed by atoms with E-state index in [4.69, 9.17) is 0 Å². The van der Waals surface area contributed by atoms with E-state index in [1.807, 2.05) is 6.08 Å². The van der Waals surface area contributed by atoms with Crippen molar-refractivity contribution < 1.29 is 5.11 Å². The van der Waals surface area contributed by atoms with E-state index < -0.39 is 6.10 Å². The number of fused-ring (bicyclic) bond motifs is 2. The first-order valence-electron chi connectivity index (χ1n) is 8.25. The Labute approximate surface area is 130 Å². The molecule has 0 aromatic carbocycles. The van der Waals surface area contributed by atoms with Gasteiger partial charge in [0.25, 0.3) is 0 Å². The number of aliphatic hydroxyl groups excluding tert-OH is 1. The van der Waals surface area contributed by atoms with Crippen molar-refractivity contribution in [1.82, 2.24) is 0 Å². The molecular weight excluding hydrogens is 256 g/mol. The molecular formula is C20H30O. The summed E-state index contributed by atoms with van der Waals surface area (Å²) in [7, 11) is 0. The SMILES string of the molecule is C=C1C2=CC[C@@H](C)C1(C)CC/C(C)=C/CC/C(C)=C/[C@@H]2O. The minimum Gasteiger partial charge on any atom is -0.384 e. The molecule has 116 valence electrons. The van der Waals surface area contributed by atoms with Gasteiger partial charge in [-0.3, -0.25) is 0 Å². The molecule has 0 radical (unpaired) electrons. The Kier molecular flexibility index (Phi) is 4.93. The number of aliphatic hydroxyl groups is 1. The summed E-state index contributed by atoms with van der Waals surface area (Å²) >= 11 is 0. The van der Waals surface area contributed by atoms with Gasteiger partial charge in [-0.2, -0.15) is 0 Å². The summed E-state index contributed by atoms with van der Waals surface area (Å²) in [4.78, 5) is 0. The molecule has 1 unspecified atom stereocenters. The van der Waals surface area contributed by atoms with Gasteiger partial charge >= 0.3 is 0 Å². The van der Waals surface area contributed by atoms with E-state index in [1.165, 1.54) is 11.1 Å². The van der Waals surface area contributed by atoms with Gasteiger partial charge in [0, 0.05) is 0 Å². The highest BCUT2D eigenvalue weighted by molar-refractivity contribution is 5.42. The molecule has 1 nitrogen and oxygen atoms in total. The summed E-state index contributed by atoms with van der Waals surface area (Å²) < 4.78 is 0. The van der Waals surface area contributed by atoms with E-state index in [9.17, 15) is 5.11 Å². The van der Waals surface area contributed by atoms with Crippen LogP contribution >= 0.6 is 0 Å². The van der Waals surface area contributed by atoms with Gasteiger partial charge in [0.15, 0.2) is 0 Å². The highest BCUT2D eigenvalue weighted by Crippen LogP contribution is 2.48. The highest BCUT2D eigenvalue weighted by Gasteiger charge is 2.38. The average Bonchev–Trinajstić information content (AvgIpc) is 2.42. The number of hydrogen-bond donors (Lipinski definition) is 1. The topological polar surface area (TPSA) is 20.2 Å². The van der Waals surface area contributed by atoms with E-state index >= 15 is 0 Å². The zero-order valence-corrected chi connectivity index (χ0v) is 14.1. The summed E-state index contributed by atoms with van der Waals surface area (Å²) in [5, 5.41) is 10.6. The molecule has 1 N–H and O–H groups in total. The molecule has 0 aliphatic heterocycles. The molecule has 0 spiro atoms. The maximum atomic E-state index is 10.6. The third kappa shape index (κ3) is 3.40.